The molecule has 0 bridgehead atoms. The zero-order valence-corrected chi connectivity index (χ0v) is 12.1. The van der Waals surface area contributed by atoms with Crippen LogP contribution in [-0.4, -0.2) is 35.7 Å². The molecule has 1 atom stereocenters. The van der Waals surface area contributed by atoms with E-state index in [1.54, 1.807) is 7.11 Å². The minimum Gasteiger partial charge on any atom is -0.439 e. The van der Waals surface area contributed by atoms with Crippen LogP contribution in [0.3, 0.4) is 0 Å². The number of nitrogen functional groups attached to an aromatic ring is 1. The molecular formula is C15H21N3O2. The van der Waals surface area contributed by atoms with Crippen LogP contribution in [0, 0.1) is 0 Å². The summed E-state index contributed by atoms with van der Waals surface area (Å²) in [6.45, 7) is 4.84. The van der Waals surface area contributed by atoms with E-state index in [2.05, 4.69) is 16.8 Å². The molecule has 1 aromatic carbocycles. The molecule has 1 saturated heterocycles. The monoisotopic (exact) mass is 275 g/mol. The molecule has 0 aliphatic carbocycles. The third-order valence-electron chi connectivity index (χ3n) is 4.05. The molecular weight excluding hydrogens is 254 g/mol. The van der Waals surface area contributed by atoms with Gasteiger partial charge in [-0.2, -0.15) is 0 Å². The van der Waals surface area contributed by atoms with Crippen LogP contribution in [0.5, 0.6) is 0 Å². The van der Waals surface area contributed by atoms with Crippen molar-refractivity contribution in [3.8, 4) is 0 Å². The van der Waals surface area contributed by atoms with Crippen molar-refractivity contribution in [2.75, 3.05) is 25.9 Å². The molecule has 1 fully saturated rings. The molecule has 5 nitrogen and oxygen atoms in total. The second-order valence-electron chi connectivity index (χ2n) is 5.80. The third kappa shape index (κ3) is 2.64. The first kappa shape index (κ1) is 13.4. The Bertz CT molecular complexity index is 610. The maximum absolute atomic E-state index is 5.78. The first-order valence-corrected chi connectivity index (χ1v) is 7.00. The number of fused-ring (bicyclic) bond motifs is 1. The van der Waals surface area contributed by atoms with E-state index in [0.29, 0.717) is 12.2 Å². The van der Waals surface area contributed by atoms with E-state index in [9.17, 15) is 0 Å². The minimum atomic E-state index is -0.0608. The Morgan fingerprint density at radius 3 is 3.15 bits per heavy atom. The summed E-state index contributed by atoms with van der Waals surface area (Å²) in [5.41, 5.74) is 8.01. The predicted octanol–water partition coefficient (Wildman–Crippen LogP) is 2.41. The van der Waals surface area contributed by atoms with Crippen molar-refractivity contribution in [2.45, 2.75) is 31.9 Å². The maximum atomic E-state index is 5.78. The van der Waals surface area contributed by atoms with Crippen molar-refractivity contribution < 1.29 is 9.15 Å². The van der Waals surface area contributed by atoms with E-state index in [1.165, 1.54) is 0 Å². The number of rotatable bonds is 3. The maximum Gasteiger partial charge on any atom is 0.209 e. The number of piperidine rings is 1. The second-order valence-corrected chi connectivity index (χ2v) is 5.80. The predicted molar refractivity (Wildman–Crippen MR) is 78.3 cm³/mol. The quantitative estimate of drug-likeness (QED) is 0.871. The largest absolute Gasteiger partial charge is 0.439 e. The molecule has 2 heterocycles. The zero-order valence-electron chi connectivity index (χ0n) is 12.1. The highest BCUT2D eigenvalue weighted by Crippen LogP contribution is 2.26. The van der Waals surface area contributed by atoms with Gasteiger partial charge >= 0.3 is 0 Å². The molecule has 20 heavy (non-hydrogen) atoms. The van der Waals surface area contributed by atoms with Gasteiger partial charge in [0.15, 0.2) is 5.58 Å². The Hall–Kier alpha value is -1.59. The molecule has 2 N–H and O–H groups in total. The molecule has 1 aromatic heterocycles. The van der Waals surface area contributed by atoms with Crippen molar-refractivity contribution in [1.29, 1.82) is 0 Å². The molecule has 5 heteroatoms. The number of nitrogens with zero attached hydrogens (tertiary/aromatic N) is 2. The van der Waals surface area contributed by atoms with Crippen molar-refractivity contribution >= 4 is 16.8 Å². The number of aromatic nitrogens is 1. The fraction of sp³-hybridized carbons (Fsp3) is 0.533. The average Bonchev–Trinajstić information content (AvgIpc) is 2.80. The van der Waals surface area contributed by atoms with Gasteiger partial charge in [-0.05, 0) is 38.4 Å². The van der Waals surface area contributed by atoms with Gasteiger partial charge < -0.3 is 14.9 Å². The van der Waals surface area contributed by atoms with E-state index in [1.807, 2.05) is 18.2 Å². The Labute approximate surface area is 118 Å². The van der Waals surface area contributed by atoms with Gasteiger partial charge in [0.2, 0.25) is 5.89 Å². The fourth-order valence-electron chi connectivity index (χ4n) is 2.86. The zero-order chi connectivity index (χ0) is 14.2. The number of hydrogen-bond acceptors (Lipinski definition) is 5. The summed E-state index contributed by atoms with van der Waals surface area (Å²) in [4.78, 5) is 6.85. The third-order valence-corrected chi connectivity index (χ3v) is 4.05. The summed E-state index contributed by atoms with van der Waals surface area (Å²) in [6, 6.07) is 5.56. The van der Waals surface area contributed by atoms with E-state index in [4.69, 9.17) is 14.9 Å². The number of hydrogen-bond donors (Lipinski definition) is 1. The van der Waals surface area contributed by atoms with Gasteiger partial charge in [0.1, 0.15) is 5.52 Å². The number of oxazole rings is 1. The standard InChI is InChI=1S/C15H21N3O2/c1-15(19-2)6-3-7-18(10-15)9-14-17-12-5-4-11(16)8-13(12)20-14/h4-5,8H,3,6-7,9-10,16H2,1-2H3. The highest BCUT2D eigenvalue weighted by Gasteiger charge is 2.31. The van der Waals surface area contributed by atoms with Crippen LogP contribution < -0.4 is 5.73 Å². The number of ether oxygens (including phenoxy) is 1. The molecule has 1 unspecified atom stereocenters. The second kappa shape index (κ2) is 5.07. The van der Waals surface area contributed by atoms with Gasteiger partial charge in [0.05, 0.1) is 12.1 Å². The lowest BCUT2D eigenvalue weighted by molar-refractivity contribution is -0.0541. The smallest absolute Gasteiger partial charge is 0.209 e. The van der Waals surface area contributed by atoms with Crippen molar-refractivity contribution in [1.82, 2.24) is 9.88 Å². The molecule has 1 aliphatic rings. The van der Waals surface area contributed by atoms with Gasteiger partial charge in [-0.25, -0.2) is 4.98 Å². The highest BCUT2D eigenvalue weighted by molar-refractivity contribution is 5.76. The van der Waals surface area contributed by atoms with Crippen LogP contribution in [0.15, 0.2) is 22.6 Å². The van der Waals surface area contributed by atoms with Gasteiger partial charge in [-0.1, -0.05) is 0 Å². The van der Waals surface area contributed by atoms with Crippen LogP contribution in [0.4, 0.5) is 5.69 Å². The number of likely N-dealkylation sites (tertiary alicyclic amines) is 1. The Morgan fingerprint density at radius 1 is 1.50 bits per heavy atom. The number of anilines is 1. The van der Waals surface area contributed by atoms with E-state index < -0.39 is 0 Å². The van der Waals surface area contributed by atoms with Gasteiger partial charge in [-0.15, -0.1) is 0 Å². The lowest BCUT2D eigenvalue weighted by atomic mass is 9.95. The van der Waals surface area contributed by atoms with Crippen molar-refractivity contribution in [2.24, 2.45) is 0 Å². The molecule has 0 radical (unpaired) electrons. The topological polar surface area (TPSA) is 64.5 Å². The first-order valence-electron chi connectivity index (χ1n) is 7.00. The summed E-state index contributed by atoms with van der Waals surface area (Å²) < 4.78 is 11.4. The minimum absolute atomic E-state index is 0.0608. The fourth-order valence-corrected chi connectivity index (χ4v) is 2.86. The van der Waals surface area contributed by atoms with Crippen molar-refractivity contribution in [3.05, 3.63) is 24.1 Å². The van der Waals surface area contributed by atoms with Gasteiger partial charge in [0, 0.05) is 25.4 Å². The molecule has 0 amide bonds. The lowest BCUT2D eigenvalue weighted by Gasteiger charge is -2.38. The molecule has 1 aliphatic heterocycles. The molecule has 108 valence electrons. The first-order chi connectivity index (χ1) is 9.58. The summed E-state index contributed by atoms with van der Waals surface area (Å²) in [6.07, 6.45) is 2.24. The molecule has 0 saturated carbocycles. The van der Waals surface area contributed by atoms with Gasteiger partial charge in [0.25, 0.3) is 0 Å². The van der Waals surface area contributed by atoms with Gasteiger partial charge in [-0.3, -0.25) is 4.90 Å². The molecule has 3 rings (SSSR count). The summed E-state index contributed by atoms with van der Waals surface area (Å²) in [7, 11) is 1.78. The van der Waals surface area contributed by atoms with E-state index >= 15 is 0 Å². The SMILES string of the molecule is COC1(C)CCCN(Cc2nc3ccc(N)cc3o2)C1. The van der Waals surface area contributed by atoms with E-state index in [-0.39, 0.29) is 5.60 Å². The number of benzene rings is 1. The molecule has 0 spiro atoms. The summed E-state index contributed by atoms with van der Waals surface area (Å²) in [5, 5.41) is 0. The van der Waals surface area contributed by atoms with E-state index in [0.717, 1.165) is 42.9 Å². The van der Waals surface area contributed by atoms with Crippen LogP contribution >= 0.6 is 0 Å². The Balaban J connectivity index is 1.75. The van der Waals surface area contributed by atoms with Crippen LogP contribution in [-0.2, 0) is 11.3 Å². The average molecular weight is 275 g/mol. The van der Waals surface area contributed by atoms with Crippen LogP contribution in [0.2, 0.25) is 0 Å². The van der Waals surface area contributed by atoms with Crippen molar-refractivity contribution in [3.63, 3.8) is 0 Å². The van der Waals surface area contributed by atoms with Crippen LogP contribution in [0.1, 0.15) is 25.7 Å². The normalized spacial score (nSPS) is 24.3. The lowest BCUT2D eigenvalue weighted by Crippen LogP contribution is -2.46. The highest BCUT2D eigenvalue weighted by atomic mass is 16.5. The Kier molecular flexibility index (Phi) is 3.40. The summed E-state index contributed by atoms with van der Waals surface area (Å²) in [5.74, 6) is 0.742. The number of nitrogens with two attached hydrogens (primary N) is 1. The Morgan fingerprint density at radius 2 is 2.35 bits per heavy atom. The molecule has 2 aromatic rings. The summed E-state index contributed by atoms with van der Waals surface area (Å²) >= 11 is 0. The van der Waals surface area contributed by atoms with Crippen LogP contribution in [0.25, 0.3) is 11.1 Å². The number of methoxy groups -OCH3 is 1.